The molecule has 1 aromatic carbocycles. The highest BCUT2D eigenvalue weighted by Crippen LogP contribution is 2.44. The van der Waals surface area contributed by atoms with Gasteiger partial charge in [-0.25, -0.2) is 0 Å². The van der Waals surface area contributed by atoms with Crippen molar-refractivity contribution >= 4 is 34.6 Å². The van der Waals surface area contributed by atoms with E-state index < -0.39 is 0 Å². The zero-order valence-corrected chi connectivity index (χ0v) is 19.0. The molecule has 1 fully saturated rings. The molecule has 3 aliphatic rings. The lowest BCUT2D eigenvalue weighted by molar-refractivity contribution is 0.112. The van der Waals surface area contributed by atoms with Crippen LogP contribution in [0.25, 0.3) is 10.4 Å². The van der Waals surface area contributed by atoms with Gasteiger partial charge in [0.1, 0.15) is 0 Å². The summed E-state index contributed by atoms with van der Waals surface area (Å²) in [6.45, 7) is 5.25. The van der Waals surface area contributed by atoms with Crippen molar-refractivity contribution in [1.82, 2.24) is 5.32 Å². The fourth-order valence-electron chi connectivity index (χ4n) is 4.47. The van der Waals surface area contributed by atoms with E-state index >= 15 is 0 Å². The van der Waals surface area contributed by atoms with Crippen LogP contribution in [-0.2, 0) is 19.4 Å². The Bertz CT molecular complexity index is 1090. The van der Waals surface area contributed by atoms with Gasteiger partial charge in [-0.05, 0) is 53.9 Å². The SMILES string of the molecule is CC1(C)CCc2sc(-c3cccc(CN=C4NC5CC=CC=C5S4)c3)c(C=O)c2C1. The maximum Gasteiger partial charge on any atom is 0.162 e. The first-order chi connectivity index (χ1) is 14.5. The van der Waals surface area contributed by atoms with Gasteiger partial charge in [0.15, 0.2) is 11.5 Å². The second kappa shape index (κ2) is 7.86. The van der Waals surface area contributed by atoms with Crippen LogP contribution in [0.2, 0.25) is 0 Å². The summed E-state index contributed by atoms with van der Waals surface area (Å²) in [6, 6.07) is 8.93. The maximum absolute atomic E-state index is 12.0. The molecule has 1 N–H and O–H groups in total. The van der Waals surface area contributed by atoms with E-state index in [1.807, 2.05) is 11.3 Å². The van der Waals surface area contributed by atoms with E-state index in [9.17, 15) is 4.79 Å². The van der Waals surface area contributed by atoms with E-state index in [-0.39, 0.29) is 5.41 Å². The molecule has 1 atom stereocenters. The highest BCUT2D eigenvalue weighted by Gasteiger charge is 2.30. The number of hydrogen-bond donors (Lipinski definition) is 1. The van der Waals surface area contributed by atoms with Crippen LogP contribution in [0, 0.1) is 5.41 Å². The lowest BCUT2D eigenvalue weighted by atomic mass is 9.76. The van der Waals surface area contributed by atoms with E-state index in [1.54, 1.807) is 11.8 Å². The molecule has 3 nitrogen and oxygen atoms in total. The molecule has 1 aliphatic heterocycles. The van der Waals surface area contributed by atoms with Crippen molar-refractivity contribution in [2.75, 3.05) is 0 Å². The summed E-state index contributed by atoms with van der Waals surface area (Å²) in [5, 5.41) is 4.52. The third kappa shape index (κ3) is 3.81. The van der Waals surface area contributed by atoms with Crippen molar-refractivity contribution in [3.63, 3.8) is 0 Å². The van der Waals surface area contributed by atoms with Gasteiger partial charge in [-0.2, -0.15) is 0 Å². The number of fused-ring (bicyclic) bond motifs is 2. The number of carbonyl (C=O) groups is 1. The molecule has 2 aliphatic carbocycles. The number of thioether (sulfide) groups is 1. The highest BCUT2D eigenvalue weighted by atomic mass is 32.2. The average Bonchev–Trinajstić information content (AvgIpc) is 3.32. The van der Waals surface area contributed by atoms with E-state index in [1.165, 1.54) is 27.3 Å². The number of aliphatic imine (C=N–C) groups is 1. The Labute approximate surface area is 186 Å². The van der Waals surface area contributed by atoms with Crippen molar-refractivity contribution in [2.45, 2.75) is 52.1 Å². The van der Waals surface area contributed by atoms with Gasteiger partial charge in [0, 0.05) is 20.2 Å². The molecule has 2 aromatic rings. The first-order valence-electron chi connectivity index (χ1n) is 10.6. The second-order valence-corrected chi connectivity index (χ2v) is 11.2. The Morgan fingerprint density at radius 1 is 1.33 bits per heavy atom. The van der Waals surface area contributed by atoms with Crippen LogP contribution in [0.4, 0.5) is 0 Å². The van der Waals surface area contributed by atoms with E-state index in [2.05, 4.69) is 61.7 Å². The van der Waals surface area contributed by atoms with Gasteiger partial charge < -0.3 is 5.32 Å². The zero-order chi connectivity index (χ0) is 20.7. The highest BCUT2D eigenvalue weighted by molar-refractivity contribution is 8.17. The van der Waals surface area contributed by atoms with Gasteiger partial charge in [-0.1, -0.05) is 62.0 Å². The minimum atomic E-state index is 0.273. The van der Waals surface area contributed by atoms with E-state index in [4.69, 9.17) is 4.99 Å². The Morgan fingerprint density at radius 3 is 3.07 bits per heavy atom. The lowest BCUT2D eigenvalue weighted by Gasteiger charge is -2.29. The summed E-state index contributed by atoms with van der Waals surface area (Å²) in [5.41, 5.74) is 4.77. The Balaban J connectivity index is 1.39. The first kappa shape index (κ1) is 19.8. The monoisotopic (exact) mass is 434 g/mol. The number of nitrogens with one attached hydrogen (secondary N) is 1. The largest absolute Gasteiger partial charge is 0.357 e. The Morgan fingerprint density at radius 2 is 2.23 bits per heavy atom. The Kier molecular flexibility index (Phi) is 5.19. The molecule has 0 radical (unpaired) electrons. The normalized spacial score (nSPS) is 22.9. The summed E-state index contributed by atoms with van der Waals surface area (Å²) in [6.07, 6.45) is 11.9. The molecule has 1 unspecified atom stereocenters. The molecule has 30 heavy (non-hydrogen) atoms. The fourth-order valence-corrected chi connectivity index (χ4v) is 6.75. The number of thiophene rings is 1. The summed E-state index contributed by atoms with van der Waals surface area (Å²) in [4.78, 5) is 20.7. The standard InChI is InChI=1S/C25H26N2OS2/c1-25(2)11-10-21-18(13-25)19(15-28)23(29-21)17-7-5-6-16(12-17)14-26-24-27-20-8-3-4-9-22(20)30-24/h3-7,9,12,15,20H,8,10-11,13-14H2,1-2H3,(H,26,27). The van der Waals surface area contributed by atoms with Crippen LogP contribution in [-0.4, -0.2) is 17.5 Å². The van der Waals surface area contributed by atoms with Crippen LogP contribution in [0.15, 0.2) is 52.4 Å². The predicted molar refractivity (Wildman–Crippen MR) is 128 cm³/mol. The molecular formula is C25H26N2OS2. The molecule has 1 saturated heterocycles. The van der Waals surface area contributed by atoms with Crippen molar-refractivity contribution in [3.8, 4) is 10.4 Å². The second-order valence-electron chi connectivity index (χ2n) is 9.06. The quantitative estimate of drug-likeness (QED) is 0.587. The molecule has 1 aromatic heterocycles. The number of allylic oxidation sites excluding steroid dienone is 2. The molecule has 154 valence electrons. The van der Waals surface area contributed by atoms with E-state index in [0.29, 0.717) is 12.6 Å². The fraction of sp³-hybridized carbons (Fsp3) is 0.360. The number of aldehydes is 1. The number of aryl methyl sites for hydroxylation is 1. The van der Waals surface area contributed by atoms with Gasteiger partial charge in [0.25, 0.3) is 0 Å². The molecule has 2 heterocycles. The van der Waals surface area contributed by atoms with Crippen LogP contribution < -0.4 is 5.32 Å². The third-order valence-corrected chi connectivity index (χ3v) is 8.61. The van der Waals surface area contributed by atoms with Crippen LogP contribution in [0.1, 0.15) is 53.1 Å². The maximum atomic E-state index is 12.0. The minimum absolute atomic E-state index is 0.273. The number of nitrogens with zero attached hydrogens (tertiary/aromatic N) is 1. The van der Waals surface area contributed by atoms with Crippen molar-refractivity contribution in [3.05, 3.63) is 69.0 Å². The predicted octanol–water partition coefficient (Wildman–Crippen LogP) is 6.15. The summed E-state index contributed by atoms with van der Waals surface area (Å²) < 4.78 is 0. The smallest absolute Gasteiger partial charge is 0.162 e. The zero-order valence-electron chi connectivity index (χ0n) is 17.4. The Hall–Kier alpha value is -2.11. The van der Waals surface area contributed by atoms with Gasteiger partial charge in [0.2, 0.25) is 0 Å². The summed E-state index contributed by atoms with van der Waals surface area (Å²) in [5.74, 6) is 0. The summed E-state index contributed by atoms with van der Waals surface area (Å²) in [7, 11) is 0. The lowest BCUT2D eigenvalue weighted by Crippen LogP contribution is -2.26. The number of carbonyl (C=O) groups excluding carboxylic acids is 1. The molecular weight excluding hydrogens is 408 g/mol. The van der Waals surface area contributed by atoms with Crippen molar-refractivity contribution < 1.29 is 4.79 Å². The third-order valence-electron chi connectivity index (χ3n) is 6.15. The summed E-state index contributed by atoms with van der Waals surface area (Å²) >= 11 is 3.55. The van der Waals surface area contributed by atoms with Gasteiger partial charge >= 0.3 is 0 Å². The average molecular weight is 435 g/mol. The molecule has 5 rings (SSSR count). The molecule has 5 heteroatoms. The van der Waals surface area contributed by atoms with Crippen molar-refractivity contribution in [1.29, 1.82) is 0 Å². The van der Waals surface area contributed by atoms with Gasteiger partial charge in [0.05, 0.1) is 12.6 Å². The number of amidine groups is 1. The van der Waals surface area contributed by atoms with Gasteiger partial charge in [-0.15, -0.1) is 11.3 Å². The van der Waals surface area contributed by atoms with Crippen LogP contribution >= 0.6 is 23.1 Å². The first-order valence-corrected chi connectivity index (χ1v) is 12.2. The molecule has 0 spiro atoms. The molecule has 0 amide bonds. The van der Waals surface area contributed by atoms with Crippen LogP contribution in [0.5, 0.6) is 0 Å². The van der Waals surface area contributed by atoms with Gasteiger partial charge in [-0.3, -0.25) is 9.79 Å². The number of rotatable bonds is 4. The molecule has 0 saturated carbocycles. The van der Waals surface area contributed by atoms with E-state index in [0.717, 1.165) is 46.7 Å². The molecule has 0 bridgehead atoms. The minimum Gasteiger partial charge on any atom is -0.357 e. The number of benzene rings is 1. The van der Waals surface area contributed by atoms with Crippen LogP contribution in [0.3, 0.4) is 0 Å². The van der Waals surface area contributed by atoms with Crippen molar-refractivity contribution in [2.24, 2.45) is 10.4 Å². The number of hydrogen-bond acceptors (Lipinski definition) is 4. The topological polar surface area (TPSA) is 41.5 Å².